The summed E-state index contributed by atoms with van der Waals surface area (Å²) < 4.78 is 33.8. The second-order valence-corrected chi connectivity index (χ2v) is 22.2. The Morgan fingerprint density at radius 3 is 1.34 bits per heavy atom. The molecule has 0 rings (SSSR count). The van der Waals surface area contributed by atoms with Gasteiger partial charge in [-0.25, -0.2) is 0 Å². The van der Waals surface area contributed by atoms with E-state index < -0.39 is 32.5 Å². The van der Waals surface area contributed by atoms with Crippen LogP contribution in [0.15, 0.2) is 0 Å². The van der Waals surface area contributed by atoms with Gasteiger partial charge in [0.15, 0.2) is 6.10 Å². The van der Waals surface area contributed by atoms with Crippen molar-refractivity contribution >= 4 is 62.9 Å². The third kappa shape index (κ3) is 43.9. The zero-order valence-corrected chi connectivity index (χ0v) is 39.5. The van der Waals surface area contributed by atoms with Gasteiger partial charge in [0.2, 0.25) is 0 Å². The Morgan fingerprint density at radius 1 is 0.554 bits per heavy atom. The largest absolute Gasteiger partial charge is 0.756 e. The van der Waals surface area contributed by atoms with Crippen LogP contribution in [0.1, 0.15) is 154 Å². The van der Waals surface area contributed by atoms with Gasteiger partial charge < -0.3 is 38.1 Å². The van der Waals surface area contributed by atoms with Crippen LogP contribution in [0.4, 0.5) is 0 Å². The predicted octanol–water partition coefficient (Wildman–Crippen LogP) is 9.76. The molecule has 0 aromatic carbocycles. The minimum absolute atomic E-state index is 0.0429. The zero-order chi connectivity index (χ0) is 41.4. The van der Waals surface area contributed by atoms with Crippen LogP contribution in [-0.2, 0) is 32.7 Å². The third-order valence-electron chi connectivity index (χ3n) is 8.81. The van der Waals surface area contributed by atoms with Crippen molar-refractivity contribution in [1.82, 2.24) is 0 Å². The fourth-order valence-electron chi connectivity index (χ4n) is 5.37. The molecule has 334 valence electrons. The third-order valence-corrected chi connectivity index (χ3v) is 14.9. The summed E-state index contributed by atoms with van der Waals surface area (Å²) in [5.74, 6) is 3.49. The van der Waals surface area contributed by atoms with Crippen molar-refractivity contribution < 1.29 is 52.3 Å². The van der Waals surface area contributed by atoms with Crippen molar-refractivity contribution in [1.29, 1.82) is 0 Å². The molecule has 2 N–H and O–H groups in total. The summed E-state index contributed by atoms with van der Waals surface area (Å²) in [6.07, 6.45) is 23.8. The van der Waals surface area contributed by atoms with E-state index in [4.69, 9.17) is 28.7 Å². The number of likely N-dealkylation sites (N-methyl/N-ethyl adjacent to an activating group) is 1. The van der Waals surface area contributed by atoms with Crippen LogP contribution < -0.4 is 4.89 Å². The number of hydrogen-bond acceptors (Lipinski definition) is 14. The molecular weight excluding hydrogens is 814 g/mol. The molecule has 56 heavy (non-hydrogen) atoms. The van der Waals surface area contributed by atoms with E-state index in [2.05, 4.69) is 0 Å². The minimum Gasteiger partial charge on any atom is -0.756 e. The van der Waals surface area contributed by atoms with Crippen molar-refractivity contribution in [3.8, 4) is 0 Å². The molecule has 0 aliphatic heterocycles. The number of nitrogens with zero attached hydrogens (tertiary/aromatic N) is 1. The second-order valence-electron chi connectivity index (χ2n) is 15.4. The van der Waals surface area contributed by atoms with Gasteiger partial charge in [-0.15, -0.1) is 0 Å². The molecule has 16 heteroatoms. The van der Waals surface area contributed by atoms with Crippen LogP contribution in [-0.4, -0.2) is 116 Å². The zero-order valence-electron chi connectivity index (χ0n) is 35.3. The number of esters is 2. The SMILES string of the molecule is C[N+](C)(C)CCOP(=O)([O-])OCC(COC(=O)CCCCCSSCCCCCCCCCCO)OC(=O)CCCCCSSCCCCCCCCCCO. The Balaban J connectivity index is 4.26. The van der Waals surface area contributed by atoms with Crippen LogP contribution in [0.25, 0.3) is 0 Å². The van der Waals surface area contributed by atoms with Gasteiger partial charge in [-0.1, -0.05) is 133 Å². The number of ether oxygens (including phenoxy) is 2. The van der Waals surface area contributed by atoms with Crippen LogP contribution in [0.3, 0.4) is 0 Å². The highest BCUT2D eigenvalue weighted by Crippen LogP contribution is 2.38. The Labute approximate surface area is 357 Å². The summed E-state index contributed by atoms with van der Waals surface area (Å²) in [7, 11) is 8.72. The van der Waals surface area contributed by atoms with Gasteiger partial charge in [0, 0.05) is 49.1 Å². The number of unbranched alkanes of at least 4 members (excludes halogenated alkanes) is 18. The molecule has 2 atom stereocenters. The molecule has 0 saturated carbocycles. The Bertz CT molecular complexity index is 951. The number of phosphoric ester groups is 1. The van der Waals surface area contributed by atoms with E-state index in [1.165, 1.54) is 77.0 Å². The number of hydrogen-bond donors (Lipinski definition) is 2. The second kappa shape index (κ2) is 40.7. The highest BCUT2D eigenvalue weighted by Gasteiger charge is 2.21. The fourth-order valence-corrected chi connectivity index (χ4v) is 10.7. The number of aliphatic hydroxyl groups excluding tert-OH is 2. The van der Waals surface area contributed by atoms with E-state index in [1.54, 1.807) is 0 Å². The number of carbonyl (C=O) groups excluding carboxylic acids is 2. The smallest absolute Gasteiger partial charge is 0.306 e. The van der Waals surface area contributed by atoms with Crippen molar-refractivity contribution in [2.45, 2.75) is 160 Å². The van der Waals surface area contributed by atoms with Crippen molar-refractivity contribution in [2.24, 2.45) is 0 Å². The highest BCUT2D eigenvalue weighted by molar-refractivity contribution is 8.77. The first kappa shape index (κ1) is 56.3. The van der Waals surface area contributed by atoms with E-state index in [0.717, 1.165) is 74.4 Å². The maximum Gasteiger partial charge on any atom is 0.306 e. The summed E-state index contributed by atoms with van der Waals surface area (Å²) >= 11 is 0. The number of quaternary nitrogens is 1. The maximum atomic E-state index is 12.7. The quantitative estimate of drug-likeness (QED) is 0.0196. The molecule has 0 fully saturated rings. The van der Waals surface area contributed by atoms with Gasteiger partial charge in [-0.2, -0.15) is 0 Å². The predicted molar refractivity (Wildman–Crippen MR) is 238 cm³/mol. The lowest BCUT2D eigenvalue weighted by atomic mass is 10.1. The number of phosphoric acid groups is 1. The van der Waals surface area contributed by atoms with Crippen molar-refractivity contribution in [2.75, 3.05) is 83.7 Å². The molecule has 0 heterocycles. The summed E-state index contributed by atoms with van der Waals surface area (Å²) in [5, 5.41) is 17.7. The van der Waals surface area contributed by atoms with Gasteiger partial charge in [0.1, 0.15) is 19.8 Å². The number of carbonyl (C=O) groups is 2. The standard InChI is InChI=1S/C40H80NO10PS4/c1-41(2,3)28-31-49-52(46,47)50-37-38(51-40(45)27-19-17-25-35-56-54-33-23-15-11-7-5-9-13-21-30-43)36-48-39(44)26-18-16-24-34-55-53-32-22-14-10-6-4-8-12-20-29-42/h38,42-43H,4-37H2,1-3H3. The Hall–Kier alpha value is 0.330. The Kier molecular flexibility index (Phi) is 41.0. The van der Waals surface area contributed by atoms with E-state index in [0.29, 0.717) is 37.1 Å². The lowest BCUT2D eigenvalue weighted by molar-refractivity contribution is -0.870. The summed E-state index contributed by atoms with van der Waals surface area (Å²) in [6.45, 7) is 0.266. The van der Waals surface area contributed by atoms with Crippen molar-refractivity contribution in [3.05, 3.63) is 0 Å². The number of aliphatic hydroxyl groups is 2. The summed E-state index contributed by atoms with van der Waals surface area (Å²) in [6, 6.07) is 0. The first-order valence-electron chi connectivity index (χ1n) is 21.5. The molecule has 0 spiro atoms. The molecule has 0 amide bonds. The lowest BCUT2D eigenvalue weighted by Crippen LogP contribution is -2.37. The Morgan fingerprint density at radius 2 is 0.929 bits per heavy atom. The molecule has 0 saturated heterocycles. The minimum atomic E-state index is -4.64. The average Bonchev–Trinajstić information content (AvgIpc) is 3.15. The van der Waals surface area contributed by atoms with Gasteiger partial charge in [-0.3, -0.25) is 14.2 Å². The normalized spacial score (nSPS) is 13.5. The number of rotatable bonds is 44. The maximum absolute atomic E-state index is 12.7. The molecule has 0 aliphatic rings. The molecule has 11 nitrogen and oxygen atoms in total. The van der Waals surface area contributed by atoms with Gasteiger partial charge in [0.25, 0.3) is 7.82 Å². The topological polar surface area (TPSA) is 152 Å². The van der Waals surface area contributed by atoms with Crippen LogP contribution >= 0.6 is 51.0 Å². The molecule has 2 unspecified atom stereocenters. The van der Waals surface area contributed by atoms with E-state index >= 15 is 0 Å². The van der Waals surface area contributed by atoms with Crippen LogP contribution in [0, 0.1) is 0 Å². The molecule has 0 radical (unpaired) electrons. The molecule has 0 aromatic rings. The fraction of sp³-hybridized carbons (Fsp3) is 0.950. The highest BCUT2D eigenvalue weighted by atomic mass is 33.1. The van der Waals surface area contributed by atoms with Crippen LogP contribution in [0.2, 0.25) is 0 Å². The van der Waals surface area contributed by atoms with E-state index in [-0.39, 0.29) is 26.1 Å². The van der Waals surface area contributed by atoms with Gasteiger partial charge in [0.05, 0.1) is 27.7 Å². The van der Waals surface area contributed by atoms with Crippen molar-refractivity contribution in [3.63, 3.8) is 0 Å². The molecule has 0 aliphatic carbocycles. The van der Waals surface area contributed by atoms with E-state index in [1.807, 2.05) is 64.3 Å². The average molecular weight is 894 g/mol. The lowest BCUT2D eigenvalue weighted by Gasteiger charge is -2.28. The van der Waals surface area contributed by atoms with Gasteiger partial charge in [-0.05, 0) is 51.4 Å². The van der Waals surface area contributed by atoms with Gasteiger partial charge >= 0.3 is 11.9 Å². The summed E-state index contributed by atoms with van der Waals surface area (Å²) in [5.41, 5.74) is 0. The molecular formula is C40H80NO10PS4. The monoisotopic (exact) mass is 893 g/mol. The van der Waals surface area contributed by atoms with E-state index in [9.17, 15) is 19.0 Å². The summed E-state index contributed by atoms with van der Waals surface area (Å²) in [4.78, 5) is 37.5. The first-order chi connectivity index (χ1) is 27.0. The van der Waals surface area contributed by atoms with Crippen LogP contribution in [0.5, 0.6) is 0 Å². The first-order valence-corrected chi connectivity index (χ1v) is 27.9. The molecule has 0 bridgehead atoms. The molecule has 0 aromatic heterocycles.